The van der Waals surface area contributed by atoms with Gasteiger partial charge in [-0.1, -0.05) is 190 Å². The van der Waals surface area contributed by atoms with Crippen molar-refractivity contribution in [2.45, 2.75) is 43.6 Å². The van der Waals surface area contributed by atoms with Gasteiger partial charge < -0.3 is 14.1 Å². The topological polar surface area (TPSA) is 25.6 Å². The zero-order valence-electron chi connectivity index (χ0n) is 39.0. The zero-order valence-corrected chi connectivity index (χ0v) is 39.0. The molecule has 1 spiro atoms. The molecule has 3 heteroatoms. The number of allylic oxidation sites excluding steroid dienone is 2. The summed E-state index contributed by atoms with van der Waals surface area (Å²) in [4.78, 5) is 2.65. The minimum Gasteiger partial charge on any atom is -0.456 e. The van der Waals surface area contributed by atoms with Crippen molar-refractivity contribution in [1.29, 1.82) is 0 Å². The normalized spacial score (nSPS) is 16.7. The molecule has 11 aromatic rings. The van der Waals surface area contributed by atoms with E-state index in [1.807, 2.05) is 12.1 Å². The van der Waals surface area contributed by atoms with Gasteiger partial charge in [0, 0.05) is 55.5 Å². The molecule has 4 aliphatic rings. The summed E-state index contributed by atoms with van der Waals surface area (Å²) in [7, 11) is 0. The van der Waals surface area contributed by atoms with Crippen LogP contribution in [-0.4, -0.2) is 6.04 Å². The fourth-order valence-electron chi connectivity index (χ4n) is 13.2. The van der Waals surface area contributed by atoms with E-state index in [1.54, 1.807) is 0 Å². The SMILES string of the molecule is CC1(C)c2ccccc2-c2ccc(N(c3ccc(-c4ccc5c(c4)oc4ccccc45)cc3)C3CC=CC4=C(C3)c3ccccc3C43c4ccc5ccccc5c4Oc4c3ccc3ccccc43)cc21. The van der Waals surface area contributed by atoms with E-state index in [2.05, 4.69) is 225 Å². The van der Waals surface area contributed by atoms with Crippen molar-refractivity contribution < 1.29 is 9.15 Å². The fourth-order valence-corrected chi connectivity index (χ4v) is 13.2. The van der Waals surface area contributed by atoms with Gasteiger partial charge in [0.2, 0.25) is 0 Å². The van der Waals surface area contributed by atoms with Gasteiger partial charge in [0.15, 0.2) is 0 Å². The van der Waals surface area contributed by atoms with Crippen LogP contribution in [0.25, 0.3) is 71.3 Å². The number of hydrogen-bond donors (Lipinski definition) is 0. The van der Waals surface area contributed by atoms with Crippen molar-refractivity contribution in [3.8, 4) is 33.8 Å². The summed E-state index contributed by atoms with van der Waals surface area (Å²) in [6, 6.07) is 76.4. The molecular weight excluding hydrogens is 851 g/mol. The van der Waals surface area contributed by atoms with Crippen molar-refractivity contribution in [1.82, 2.24) is 0 Å². The molecule has 0 amide bonds. The van der Waals surface area contributed by atoms with Gasteiger partial charge in [0.1, 0.15) is 22.7 Å². The van der Waals surface area contributed by atoms with Gasteiger partial charge in [0.25, 0.3) is 0 Å². The molecule has 0 fully saturated rings. The Hall–Kier alpha value is -8.40. The smallest absolute Gasteiger partial charge is 0.140 e. The number of nitrogens with zero attached hydrogens (tertiary/aromatic N) is 1. The van der Waals surface area contributed by atoms with Gasteiger partial charge in [-0.2, -0.15) is 0 Å². The Morgan fingerprint density at radius 1 is 0.457 bits per heavy atom. The highest BCUT2D eigenvalue weighted by Crippen LogP contribution is 2.64. The molecule has 0 saturated heterocycles. The molecule has 332 valence electrons. The van der Waals surface area contributed by atoms with Crippen LogP contribution in [-0.2, 0) is 10.8 Å². The number of para-hydroxylation sites is 1. The summed E-state index contributed by atoms with van der Waals surface area (Å²) in [5.41, 5.74) is 19.0. The predicted molar refractivity (Wildman–Crippen MR) is 289 cm³/mol. The van der Waals surface area contributed by atoms with Gasteiger partial charge in [-0.3, -0.25) is 0 Å². The molecule has 15 rings (SSSR count). The first-order chi connectivity index (χ1) is 34.4. The van der Waals surface area contributed by atoms with E-state index in [9.17, 15) is 0 Å². The van der Waals surface area contributed by atoms with Gasteiger partial charge in [0.05, 0.1) is 5.41 Å². The molecular formula is C67H47NO2. The van der Waals surface area contributed by atoms with E-state index in [0.29, 0.717) is 0 Å². The number of hydrogen-bond acceptors (Lipinski definition) is 3. The van der Waals surface area contributed by atoms with Crippen molar-refractivity contribution in [3.63, 3.8) is 0 Å². The monoisotopic (exact) mass is 897 g/mol. The predicted octanol–water partition coefficient (Wildman–Crippen LogP) is 17.6. The van der Waals surface area contributed by atoms with Crippen LogP contribution < -0.4 is 9.64 Å². The first-order valence-corrected chi connectivity index (χ1v) is 24.7. The van der Waals surface area contributed by atoms with Gasteiger partial charge in [-0.05, 0) is 122 Å². The zero-order chi connectivity index (χ0) is 46.3. The average Bonchev–Trinajstić information content (AvgIpc) is 3.91. The lowest BCUT2D eigenvalue weighted by atomic mass is 9.64. The average molecular weight is 898 g/mol. The lowest BCUT2D eigenvalue weighted by Gasteiger charge is -2.41. The van der Waals surface area contributed by atoms with Crippen LogP contribution in [0.15, 0.2) is 228 Å². The second kappa shape index (κ2) is 14.6. The van der Waals surface area contributed by atoms with Crippen LogP contribution in [0.3, 0.4) is 0 Å². The standard InChI is InChI=1S/C67H47NO2/c1-66(2)56-22-10-7-19-50(56)52-35-33-47(40-61(52)66)68(45-31-26-41(27-32-45)44-28-34-54-53-21-9-12-25-62(53)69-63(54)38-44)46-16-13-24-58-55(39-46)51-20-8-11-23-57(51)67(58)59-36-29-42-14-3-5-17-48(42)64(59)70-65-49-18-6-4-15-43(49)30-37-60(65)67/h3-15,17-38,40,46H,16,39H2,1-2H3. The van der Waals surface area contributed by atoms with Crippen molar-refractivity contribution in [3.05, 3.63) is 257 Å². The minimum absolute atomic E-state index is 0.0987. The molecule has 1 aromatic heterocycles. The summed E-state index contributed by atoms with van der Waals surface area (Å²) in [5, 5.41) is 6.91. The lowest BCUT2D eigenvalue weighted by molar-refractivity contribution is 0.446. The Labute approximate surface area is 407 Å². The third-order valence-corrected chi connectivity index (χ3v) is 16.4. The Bertz CT molecular complexity index is 4000. The minimum atomic E-state index is -0.592. The van der Waals surface area contributed by atoms with E-state index >= 15 is 0 Å². The highest BCUT2D eigenvalue weighted by Gasteiger charge is 2.53. The largest absolute Gasteiger partial charge is 0.456 e. The molecule has 1 unspecified atom stereocenters. The maximum atomic E-state index is 7.28. The van der Waals surface area contributed by atoms with E-state index < -0.39 is 5.41 Å². The van der Waals surface area contributed by atoms with Gasteiger partial charge in [-0.15, -0.1) is 0 Å². The Morgan fingerprint density at radius 2 is 1.06 bits per heavy atom. The highest BCUT2D eigenvalue weighted by molar-refractivity contribution is 6.06. The van der Waals surface area contributed by atoms with Crippen LogP contribution in [0.1, 0.15) is 60.1 Å². The molecule has 70 heavy (non-hydrogen) atoms. The third-order valence-electron chi connectivity index (χ3n) is 16.4. The number of rotatable bonds is 4. The summed E-state index contributed by atoms with van der Waals surface area (Å²) in [5.74, 6) is 1.89. The number of furan rings is 1. The molecule has 0 saturated carbocycles. The van der Waals surface area contributed by atoms with Crippen LogP contribution in [0, 0.1) is 0 Å². The van der Waals surface area contributed by atoms with Crippen molar-refractivity contribution in [2.75, 3.05) is 4.90 Å². The number of ether oxygens (including phenoxy) is 1. The fraction of sp³-hybridized carbons (Fsp3) is 0.104. The molecule has 0 N–H and O–H groups in total. The molecule has 10 aromatic carbocycles. The quantitative estimate of drug-likeness (QED) is 0.176. The molecule has 3 nitrogen and oxygen atoms in total. The van der Waals surface area contributed by atoms with Crippen LogP contribution >= 0.6 is 0 Å². The van der Waals surface area contributed by atoms with Crippen LogP contribution in [0.4, 0.5) is 11.4 Å². The number of anilines is 2. The lowest BCUT2D eigenvalue weighted by Crippen LogP contribution is -2.33. The second-order valence-electron chi connectivity index (χ2n) is 20.2. The van der Waals surface area contributed by atoms with Gasteiger partial charge >= 0.3 is 0 Å². The molecule has 0 bridgehead atoms. The van der Waals surface area contributed by atoms with E-state index in [1.165, 1.54) is 77.8 Å². The first kappa shape index (κ1) is 39.6. The summed E-state index contributed by atoms with van der Waals surface area (Å²) in [6.07, 6.45) is 6.66. The number of benzene rings is 10. The maximum Gasteiger partial charge on any atom is 0.140 e. The van der Waals surface area contributed by atoms with Crippen LogP contribution in [0.5, 0.6) is 11.5 Å². The van der Waals surface area contributed by atoms with Crippen molar-refractivity contribution >= 4 is 60.4 Å². The number of fused-ring (bicyclic) bond motifs is 18. The Morgan fingerprint density at radius 3 is 1.81 bits per heavy atom. The summed E-state index contributed by atoms with van der Waals surface area (Å²) in [6.45, 7) is 4.77. The first-order valence-electron chi connectivity index (χ1n) is 24.7. The molecule has 1 aliphatic heterocycles. The van der Waals surface area contributed by atoms with Crippen molar-refractivity contribution in [2.24, 2.45) is 0 Å². The molecule has 1 atom stereocenters. The third kappa shape index (κ3) is 5.40. The van der Waals surface area contributed by atoms with Crippen LogP contribution in [0.2, 0.25) is 0 Å². The molecule has 2 heterocycles. The Kier molecular flexibility index (Phi) is 8.23. The molecule has 0 radical (unpaired) electrons. The molecule has 3 aliphatic carbocycles. The van der Waals surface area contributed by atoms with E-state index in [4.69, 9.17) is 9.15 Å². The van der Waals surface area contributed by atoms with E-state index in [0.717, 1.165) is 68.2 Å². The van der Waals surface area contributed by atoms with Gasteiger partial charge in [-0.25, -0.2) is 0 Å². The highest BCUT2D eigenvalue weighted by atomic mass is 16.5. The summed E-state index contributed by atoms with van der Waals surface area (Å²) >= 11 is 0. The Balaban J connectivity index is 0.916. The van der Waals surface area contributed by atoms with E-state index in [-0.39, 0.29) is 11.5 Å². The summed E-state index contributed by atoms with van der Waals surface area (Å²) < 4.78 is 13.6. The second-order valence-corrected chi connectivity index (χ2v) is 20.2. The maximum absolute atomic E-state index is 7.28.